The van der Waals surface area contributed by atoms with E-state index in [0.717, 1.165) is 22.5 Å². The van der Waals surface area contributed by atoms with Gasteiger partial charge in [0.05, 0.1) is 12.8 Å². The van der Waals surface area contributed by atoms with Gasteiger partial charge in [-0.15, -0.1) is 0 Å². The Morgan fingerprint density at radius 3 is 2.28 bits per heavy atom. The molecule has 0 saturated carbocycles. The molecule has 1 aromatic heterocycles. The van der Waals surface area contributed by atoms with Gasteiger partial charge in [0.2, 0.25) is 0 Å². The number of rotatable bonds is 4. The second-order valence-electron chi connectivity index (χ2n) is 6.02. The van der Waals surface area contributed by atoms with Crippen molar-refractivity contribution in [3.63, 3.8) is 0 Å². The number of aromatic nitrogens is 1. The van der Waals surface area contributed by atoms with E-state index in [1.54, 1.807) is 18.9 Å². The minimum absolute atomic E-state index is 0.868. The van der Waals surface area contributed by atoms with Gasteiger partial charge in [-0.25, -0.2) is 0 Å². The van der Waals surface area contributed by atoms with Gasteiger partial charge in [-0.05, 0) is 55.0 Å². The van der Waals surface area contributed by atoms with Crippen molar-refractivity contribution >= 4 is 22.7 Å². The van der Waals surface area contributed by atoms with E-state index in [2.05, 4.69) is 72.6 Å². The molecule has 0 atom stereocenters. The molecule has 0 aliphatic rings. The molecule has 0 unspecified atom stereocenters. The van der Waals surface area contributed by atoms with Gasteiger partial charge in [0.25, 0.3) is 0 Å². The number of ether oxygens (including phenoxy) is 1. The number of hydrogen-bond donors (Lipinski definition) is 1. The van der Waals surface area contributed by atoms with Crippen molar-refractivity contribution in [1.82, 2.24) is 4.98 Å². The maximum absolute atomic E-state index is 5.29. The third kappa shape index (κ3) is 3.15. The highest BCUT2D eigenvalue weighted by Crippen LogP contribution is 2.41. The minimum Gasteiger partial charge on any atom is -0.497 e. The van der Waals surface area contributed by atoms with Gasteiger partial charge < -0.3 is 9.72 Å². The number of para-hydroxylation sites is 1. The van der Waals surface area contributed by atoms with E-state index in [1.165, 1.54) is 20.7 Å². The molecule has 0 radical (unpaired) electrons. The first-order valence-electron chi connectivity index (χ1n) is 8.24. The average Bonchev–Trinajstić information content (AvgIpc) is 3.02. The van der Waals surface area contributed by atoms with Gasteiger partial charge in [-0.2, -0.15) is 0 Å². The van der Waals surface area contributed by atoms with Crippen LogP contribution in [0.25, 0.3) is 22.2 Å². The highest BCUT2D eigenvalue weighted by molar-refractivity contribution is 7.99. The highest BCUT2D eigenvalue weighted by Gasteiger charge is 2.14. The van der Waals surface area contributed by atoms with Crippen LogP contribution in [0.3, 0.4) is 0 Å². The van der Waals surface area contributed by atoms with E-state index in [9.17, 15) is 0 Å². The van der Waals surface area contributed by atoms with E-state index < -0.39 is 0 Å². The number of aryl methyl sites for hydroxylation is 1. The van der Waals surface area contributed by atoms with E-state index >= 15 is 0 Å². The molecule has 124 valence electrons. The lowest BCUT2D eigenvalue weighted by Crippen LogP contribution is -1.84. The molecule has 25 heavy (non-hydrogen) atoms. The zero-order valence-corrected chi connectivity index (χ0v) is 15.1. The molecule has 0 aliphatic carbocycles. The Bertz CT molecular complexity index is 1000. The minimum atomic E-state index is 0.868. The van der Waals surface area contributed by atoms with Crippen molar-refractivity contribution in [1.29, 1.82) is 0 Å². The first kappa shape index (κ1) is 15.9. The zero-order chi connectivity index (χ0) is 17.2. The molecule has 1 N–H and O–H groups in total. The molecular weight excluding hydrogens is 326 g/mol. The van der Waals surface area contributed by atoms with Crippen molar-refractivity contribution in [2.24, 2.45) is 0 Å². The van der Waals surface area contributed by atoms with Crippen LogP contribution in [0.15, 0.2) is 82.6 Å². The zero-order valence-electron chi connectivity index (χ0n) is 14.2. The fourth-order valence-electron chi connectivity index (χ4n) is 2.91. The third-order valence-electron chi connectivity index (χ3n) is 4.28. The normalized spacial score (nSPS) is 11.0. The summed E-state index contributed by atoms with van der Waals surface area (Å²) in [6.07, 6.45) is 0. The Labute approximate surface area is 151 Å². The molecule has 3 heteroatoms. The summed E-state index contributed by atoms with van der Waals surface area (Å²) in [5.74, 6) is 0.868. The van der Waals surface area contributed by atoms with E-state index in [4.69, 9.17) is 4.74 Å². The SMILES string of the molecule is COc1ccc(-c2[nH]c3ccccc3c2Sc2ccc(C)cc2)cc1. The van der Waals surface area contributed by atoms with Gasteiger partial charge in [0, 0.05) is 20.7 Å². The molecule has 4 aromatic rings. The molecule has 2 nitrogen and oxygen atoms in total. The quantitative estimate of drug-likeness (QED) is 0.469. The van der Waals surface area contributed by atoms with Gasteiger partial charge in [0.15, 0.2) is 0 Å². The Kier molecular flexibility index (Phi) is 4.24. The summed E-state index contributed by atoms with van der Waals surface area (Å²) < 4.78 is 5.29. The third-order valence-corrected chi connectivity index (χ3v) is 5.41. The van der Waals surface area contributed by atoms with Crippen molar-refractivity contribution in [2.75, 3.05) is 7.11 Å². The van der Waals surface area contributed by atoms with Crippen LogP contribution < -0.4 is 4.74 Å². The van der Waals surface area contributed by atoms with Crippen LogP contribution in [-0.4, -0.2) is 12.1 Å². The fourth-order valence-corrected chi connectivity index (χ4v) is 3.97. The number of hydrogen-bond acceptors (Lipinski definition) is 2. The molecular formula is C22H19NOS. The summed E-state index contributed by atoms with van der Waals surface area (Å²) in [7, 11) is 1.69. The molecule has 0 fully saturated rings. The first-order valence-corrected chi connectivity index (χ1v) is 9.06. The summed E-state index contributed by atoms with van der Waals surface area (Å²) in [5.41, 5.74) is 4.74. The molecule has 0 spiro atoms. The first-order chi connectivity index (χ1) is 12.2. The number of H-pyrrole nitrogens is 1. The predicted octanol–water partition coefficient (Wildman–Crippen LogP) is 6.30. The summed E-state index contributed by atoms with van der Waals surface area (Å²) in [6, 6.07) is 25.3. The van der Waals surface area contributed by atoms with Crippen LogP contribution in [-0.2, 0) is 0 Å². The van der Waals surface area contributed by atoms with Gasteiger partial charge in [0.1, 0.15) is 5.75 Å². The van der Waals surface area contributed by atoms with Crippen LogP contribution in [0, 0.1) is 6.92 Å². The predicted molar refractivity (Wildman–Crippen MR) is 106 cm³/mol. The smallest absolute Gasteiger partial charge is 0.118 e. The number of nitrogens with one attached hydrogen (secondary N) is 1. The summed E-state index contributed by atoms with van der Waals surface area (Å²) in [5, 5.41) is 1.25. The lowest BCUT2D eigenvalue weighted by atomic mass is 10.1. The van der Waals surface area contributed by atoms with Crippen LogP contribution in [0.1, 0.15) is 5.56 Å². The fraction of sp³-hybridized carbons (Fsp3) is 0.0909. The van der Waals surface area contributed by atoms with E-state index in [1.807, 2.05) is 12.1 Å². The second-order valence-corrected chi connectivity index (χ2v) is 7.10. The lowest BCUT2D eigenvalue weighted by Gasteiger charge is -2.07. The summed E-state index contributed by atoms with van der Waals surface area (Å²) in [4.78, 5) is 6.08. The maximum atomic E-state index is 5.29. The number of fused-ring (bicyclic) bond motifs is 1. The molecule has 0 saturated heterocycles. The average molecular weight is 345 g/mol. The van der Waals surface area contributed by atoms with Crippen molar-refractivity contribution in [3.05, 3.63) is 78.4 Å². The van der Waals surface area contributed by atoms with Gasteiger partial charge >= 0.3 is 0 Å². The number of benzene rings is 3. The highest BCUT2D eigenvalue weighted by atomic mass is 32.2. The standard InChI is InChI=1S/C22H19NOS/c1-15-7-13-18(14-8-15)25-22-19-5-3-4-6-20(19)23-21(22)16-9-11-17(24-2)12-10-16/h3-14,23H,1-2H3. The van der Waals surface area contributed by atoms with Gasteiger partial charge in [-0.3, -0.25) is 0 Å². The van der Waals surface area contributed by atoms with Crippen molar-refractivity contribution < 1.29 is 4.74 Å². The van der Waals surface area contributed by atoms with Crippen molar-refractivity contribution in [3.8, 4) is 17.0 Å². The lowest BCUT2D eigenvalue weighted by molar-refractivity contribution is 0.415. The van der Waals surface area contributed by atoms with Crippen LogP contribution in [0.2, 0.25) is 0 Å². The Hall–Kier alpha value is -2.65. The molecule has 1 heterocycles. The summed E-state index contributed by atoms with van der Waals surface area (Å²) in [6.45, 7) is 2.11. The maximum Gasteiger partial charge on any atom is 0.118 e. The van der Waals surface area contributed by atoms with Crippen molar-refractivity contribution in [2.45, 2.75) is 16.7 Å². The Morgan fingerprint density at radius 1 is 0.840 bits per heavy atom. The second kappa shape index (κ2) is 6.69. The van der Waals surface area contributed by atoms with E-state index in [0.29, 0.717) is 0 Å². The molecule has 0 aliphatic heterocycles. The summed E-state index contributed by atoms with van der Waals surface area (Å²) >= 11 is 1.80. The number of methoxy groups -OCH3 is 1. The molecule has 3 aromatic carbocycles. The van der Waals surface area contributed by atoms with Crippen LogP contribution >= 0.6 is 11.8 Å². The van der Waals surface area contributed by atoms with Crippen LogP contribution in [0.4, 0.5) is 0 Å². The van der Waals surface area contributed by atoms with Crippen LogP contribution in [0.5, 0.6) is 5.75 Å². The van der Waals surface area contributed by atoms with Gasteiger partial charge in [-0.1, -0.05) is 47.7 Å². The molecule has 4 rings (SSSR count). The number of aromatic amines is 1. The molecule has 0 amide bonds. The monoisotopic (exact) mass is 345 g/mol. The topological polar surface area (TPSA) is 25.0 Å². The Balaban J connectivity index is 1.83. The van der Waals surface area contributed by atoms with E-state index in [-0.39, 0.29) is 0 Å². The Morgan fingerprint density at radius 2 is 1.56 bits per heavy atom. The largest absolute Gasteiger partial charge is 0.497 e. The molecule has 0 bridgehead atoms.